The summed E-state index contributed by atoms with van der Waals surface area (Å²) in [4.78, 5) is 31.8. The summed E-state index contributed by atoms with van der Waals surface area (Å²) < 4.78 is 0. The molecule has 0 aliphatic heterocycles. The minimum absolute atomic E-state index is 0.0410. The molecular weight excluding hydrogens is 220 g/mol. The maximum atomic E-state index is 11.3. The van der Waals surface area contributed by atoms with Gasteiger partial charge in [0.15, 0.2) is 0 Å². The van der Waals surface area contributed by atoms with Crippen LogP contribution in [0.1, 0.15) is 12.8 Å². The highest BCUT2D eigenvalue weighted by Gasteiger charge is 2.17. The molecule has 2 atom stereocenters. The van der Waals surface area contributed by atoms with Crippen LogP contribution in [-0.2, 0) is 14.4 Å². The topological polar surface area (TPSA) is 109 Å². The smallest absolute Gasteiger partial charge is 0.303 e. The zero-order valence-corrected chi connectivity index (χ0v) is 8.94. The molecule has 0 fully saturated rings. The van der Waals surface area contributed by atoms with E-state index in [1.165, 1.54) is 0 Å². The second-order valence-electron chi connectivity index (χ2n) is 2.97. The summed E-state index contributed by atoms with van der Waals surface area (Å²) in [5.41, 5.74) is 5.41. The van der Waals surface area contributed by atoms with Gasteiger partial charge in [0.25, 0.3) is 0 Å². The van der Waals surface area contributed by atoms with Gasteiger partial charge in [-0.3, -0.25) is 9.59 Å². The van der Waals surface area contributed by atoms with Crippen LogP contribution in [0.5, 0.6) is 0 Å². The van der Waals surface area contributed by atoms with Crippen LogP contribution in [0.4, 0.5) is 0 Å². The van der Waals surface area contributed by atoms with Gasteiger partial charge in [0, 0.05) is 12.2 Å². The van der Waals surface area contributed by atoms with E-state index in [1.54, 1.807) is 0 Å². The molecule has 86 valence electrons. The van der Waals surface area contributed by atoms with Crippen LogP contribution in [0.3, 0.4) is 0 Å². The number of aldehydes is 1. The zero-order chi connectivity index (χ0) is 11.8. The number of hydrogen-bond donors (Lipinski definition) is 4. The first-order valence-electron chi connectivity index (χ1n) is 4.35. The molecule has 0 rings (SSSR count). The van der Waals surface area contributed by atoms with E-state index in [2.05, 4.69) is 17.9 Å². The van der Waals surface area contributed by atoms with Crippen molar-refractivity contribution in [3.63, 3.8) is 0 Å². The van der Waals surface area contributed by atoms with Gasteiger partial charge in [0.1, 0.15) is 6.29 Å². The van der Waals surface area contributed by atoms with Crippen molar-refractivity contribution in [2.45, 2.75) is 24.9 Å². The second kappa shape index (κ2) is 7.24. The molecule has 0 saturated heterocycles. The maximum Gasteiger partial charge on any atom is 0.303 e. The van der Waals surface area contributed by atoms with Crippen molar-refractivity contribution >= 4 is 30.8 Å². The van der Waals surface area contributed by atoms with Gasteiger partial charge < -0.3 is 21.0 Å². The van der Waals surface area contributed by atoms with Crippen molar-refractivity contribution in [1.82, 2.24) is 5.32 Å². The number of hydrogen-bond acceptors (Lipinski definition) is 5. The van der Waals surface area contributed by atoms with Crippen LogP contribution in [-0.4, -0.2) is 41.1 Å². The number of thiol groups is 1. The summed E-state index contributed by atoms with van der Waals surface area (Å²) in [6.07, 6.45) is 0.412. The SMILES string of the molecule is N[C@@H](CCC(=O)O)C(=O)N[C@H](C=O)CS. The minimum atomic E-state index is -1.01. The maximum absolute atomic E-state index is 11.3. The third kappa shape index (κ3) is 6.08. The molecule has 0 bridgehead atoms. The van der Waals surface area contributed by atoms with E-state index >= 15 is 0 Å². The fourth-order valence-electron chi connectivity index (χ4n) is 0.823. The van der Waals surface area contributed by atoms with Crippen LogP contribution < -0.4 is 11.1 Å². The number of aliphatic carboxylic acids is 1. The van der Waals surface area contributed by atoms with Crippen molar-refractivity contribution in [2.75, 3.05) is 5.75 Å². The molecule has 6 nitrogen and oxygen atoms in total. The molecule has 0 aliphatic carbocycles. The molecule has 0 heterocycles. The fraction of sp³-hybridized carbons (Fsp3) is 0.625. The van der Waals surface area contributed by atoms with Gasteiger partial charge in [-0.1, -0.05) is 0 Å². The van der Waals surface area contributed by atoms with E-state index in [1.807, 2.05) is 0 Å². The Balaban J connectivity index is 3.97. The second-order valence-corrected chi connectivity index (χ2v) is 3.34. The predicted molar refractivity (Wildman–Crippen MR) is 56.7 cm³/mol. The van der Waals surface area contributed by atoms with Gasteiger partial charge in [-0.15, -0.1) is 0 Å². The standard InChI is InChI=1S/C8H14N2O4S/c9-6(1-2-7(12)13)8(14)10-5(3-11)4-15/h3,5-6,15H,1-2,4,9H2,(H,10,14)(H,12,13)/t5-,6+/m1/s1. The van der Waals surface area contributed by atoms with E-state index in [4.69, 9.17) is 10.8 Å². The highest BCUT2D eigenvalue weighted by Crippen LogP contribution is 1.95. The Bertz CT molecular complexity index is 247. The molecule has 0 aromatic rings. The lowest BCUT2D eigenvalue weighted by Gasteiger charge is -2.14. The van der Waals surface area contributed by atoms with E-state index in [0.717, 1.165) is 0 Å². The molecule has 0 unspecified atom stereocenters. The predicted octanol–water partition coefficient (Wildman–Crippen LogP) is -1.21. The van der Waals surface area contributed by atoms with Gasteiger partial charge in [0.05, 0.1) is 12.1 Å². The summed E-state index contributed by atoms with van der Waals surface area (Å²) in [6, 6.07) is -1.60. The molecule has 0 aromatic carbocycles. The molecule has 15 heavy (non-hydrogen) atoms. The molecule has 0 spiro atoms. The van der Waals surface area contributed by atoms with Gasteiger partial charge >= 0.3 is 5.97 Å². The lowest BCUT2D eigenvalue weighted by molar-refractivity contribution is -0.137. The third-order valence-electron chi connectivity index (χ3n) is 1.69. The molecule has 0 aromatic heterocycles. The number of carbonyl (C=O) groups is 3. The fourth-order valence-corrected chi connectivity index (χ4v) is 1.000. The van der Waals surface area contributed by atoms with Gasteiger partial charge in [-0.05, 0) is 6.42 Å². The number of carboxylic acid groups (broad SMARTS) is 1. The summed E-state index contributed by atoms with van der Waals surface area (Å²) >= 11 is 3.84. The van der Waals surface area contributed by atoms with E-state index in [9.17, 15) is 14.4 Å². The molecule has 0 saturated carbocycles. The molecule has 7 heteroatoms. The summed E-state index contributed by atoms with van der Waals surface area (Å²) in [5, 5.41) is 10.7. The quantitative estimate of drug-likeness (QED) is 0.326. The lowest BCUT2D eigenvalue weighted by atomic mass is 10.1. The first-order chi connectivity index (χ1) is 7.01. The summed E-state index contributed by atoms with van der Waals surface area (Å²) in [7, 11) is 0. The van der Waals surface area contributed by atoms with Crippen molar-refractivity contribution in [2.24, 2.45) is 5.73 Å². The molecule has 0 aliphatic rings. The average molecular weight is 234 g/mol. The number of rotatable bonds is 7. The Morgan fingerprint density at radius 1 is 1.53 bits per heavy atom. The number of carbonyl (C=O) groups excluding carboxylic acids is 2. The molecular formula is C8H14N2O4S. The first kappa shape index (κ1) is 13.9. The van der Waals surface area contributed by atoms with E-state index < -0.39 is 24.0 Å². The summed E-state index contributed by atoms with van der Waals surface area (Å²) in [5.74, 6) is -1.37. The Morgan fingerprint density at radius 3 is 2.53 bits per heavy atom. The highest BCUT2D eigenvalue weighted by atomic mass is 32.1. The largest absolute Gasteiger partial charge is 0.481 e. The van der Waals surface area contributed by atoms with Crippen molar-refractivity contribution in [3.05, 3.63) is 0 Å². The molecule has 0 radical (unpaired) electrons. The first-order valence-corrected chi connectivity index (χ1v) is 4.98. The Hall–Kier alpha value is -1.08. The van der Waals surface area contributed by atoms with E-state index in [-0.39, 0.29) is 18.6 Å². The normalized spacial score (nSPS) is 14.0. The average Bonchev–Trinajstić information content (AvgIpc) is 2.21. The van der Waals surface area contributed by atoms with Crippen molar-refractivity contribution in [3.8, 4) is 0 Å². The van der Waals surface area contributed by atoms with Crippen LogP contribution in [0, 0.1) is 0 Å². The number of carboxylic acids is 1. The van der Waals surface area contributed by atoms with Gasteiger partial charge in [-0.25, -0.2) is 0 Å². The van der Waals surface area contributed by atoms with Gasteiger partial charge in [0.2, 0.25) is 5.91 Å². The Labute approximate surface area is 92.6 Å². The zero-order valence-electron chi connectivity index (χ0n) is 8.05. The monoisotopic (exact) mass is 234 g/mol. The molecule has 1 amide bonds. The van der Waals surface area contributed by atoms with Crippen LogP contribution in [0.25, 0.3) is 0 Å². The third-order valence-corrected chi connectivity index (χ3v) is 2.09. The Morgan fingerprint density at radius 2 is 2.13 bits per heavy atom. The lowest BCUT2D eigenvalue weighted by Crippen LogP contribution is -2.46. The Kier molecular flexibility index (Phi) is 6.72. The van der Waals surface area contributed by atoms with Crippen molar-refractivity contribution < 1.29 is 19.5 Å². The van der Waals surface area contributed by atoms with Crippen LogP contribution in [0.15, 0.2) is 0 Å². The number of nitrogens with two attached hydrogens (primary N) is 1. The minimum Gasteiger partial charge on any atom is -0.481 e. The number of amides is 1. The van der Waals surface area contributed by atoms with Crippen molar-refractivity contribution in [1.29, 1.82) is 0 Å². The van der Waals surface area contributed by atoms with Crippen LogP contribution in [0.2, 0.25) is 0 Å². The van der Waals surface area contributed by atoms with Crippen LogP contribution >= 0.6 is 12.6 Å². The van der Waals surface area contributed by atoms with Gasteiger partial charge in [-0.2, -0.15) is 12.6 Å². The number of nitrogens with one attached hydrogen (secondary N) is 1. The van der Waals surface area contributed by atoms with E-state index in [0.29, 0.717) is 6.29 Å². The summed E-state index contributed by atoms with van der Waals surface area (Å²) in [6.45, 7) is 0. The highest BCUT2D eigenvalue weighted by molar-refractivity contribution is 7.80. The molecule has 4 N–H and O–H groups in total.